The van der Waals surface area contributed by atoms with Crippen molar-refractivity contribution in [3.05, 3.63) is 83.7 Å². The van der Waals surface area contributed by atoms with Crippen LogP contribution in [-0.4, -0.2) is 20.7 Å². The third kappa shape index (κ3) is 4.14. The van der Waals surface area contributed by atoms with Gasteiger partial charge in [0.2, 0.25) is 0 Å². The summed E-state index contributed by atoms with van der Waals surface area (Å²) in [6, 6.07) is 13.5. The van der Waals surface area contributed by atoms with Crippen molar-refractivity contribution in [3.8, 4) is 0 Å². The first-order valence-electron chi connectivity index (χ1n) is 8.51. The predicted molar refractivity (Wildman–Crippen MR) is 97.0 cm³/mol. The molecule has 1 atom stereocenters. The van der Waals surface area contributed by atoms with Crippen LogP contribution in [0.5, 0.6) is 0 Å². The highest BCUT2D eigenvalue weighted by Gasteiger charge is 2.20. The van der Waals surface area contributed by atoms with E-state index in [4.69, 9.17) is 0 Å². The molecule has 0 radical (unpaired) electrons. The Hall–Kier alpha value is -3.02. The molecular formula is C20H21FN4O. The molecule has 0 saturated heterocycles. The number of halogens is 1. The fourth-order valence-electron chi connectivity index (χ4n) is 2.89. The first-order valence-corrected chi connectivity index (χ1v) is 8.51. The number of hydrogen-bond donors (Lipinski definition) is 1. The number of carbonyl (C=O) groups is 1. The van der Waals surface area contributed by atoms with Gasteiger partial charge in [0.25, 0.3) is 5.91 Å². The Bertz CT molecular complexity index is 860. The van der Waals surface area contributed by atoms with Crippen molar-refractivity contribution in [2.45, 2.75) is 26.4 Å². The molecule has 0 fully saturated rings. The molecule has 2 aromatic carbocycles. The molecule has 6 heteroatoms. The monoisotopic (exact) mass is 352 g/mol. The van der Waals surface area contributed by atoms with Crippen molar-refractivity contribution in [1.82, 2.24) is 20.1 Å². The Morgan fingerprint density at radius 3 is 2.54 bits per heavy atom. The fourth-order valence-corrected chi connectivity index (χ4v) is 2.89. The van der Waals surface area contributed by atoms with Crippen molar-refractivity contribution in [2.75, 3.05) is 0 Å². The maximum absolute atomic E-state index is 13.2. The normalized spacial score (nSPS) is 12.2. The third-order valence-electron chi connectivity index (χ3n) is 4.24. The SMILES string of the molecule is CC(C)C(NC(=O)c1ccccc1Cn1cncn1)c1ccc(F)cc1. The van der Waals surface area contributed by atoms with Crippen LogP contribution in [0.1, 0.15) is 41.4 Å². The Kier molecular flexibility index (Phi) is 5.41. The summed E-state index contributed by atoms with van der Waals surface area (Å²) in [5, 5.41) is 7.18. The second kappa shape index (κ2) is 7.91. The van der Waals surface area contributed by atoms with Crippen LogP contribution in [0.3, 0.4) is 0 Å². The van der Waals surface area contributed by atoms with Gasteiger partial charge >= 0.3 is 0 Å². The van der Waals surface area contributed by atoms with Gasteiger partial charge in [-0.1, -0.05) is 44.2 Å². The molecule has 5 nitrogen and oxygen atoms in total. The summed E-state index contributed by atoms with van der Waals surface area (Å²) < 4.78 is 14.9. The van der Waals surface area contributed by atoms with Crippen LogP contribution in [-0.2, 0) is 6.54 Å². The maximum Gasteiger partial charge on any atom is 0.252 e. The third-order valence-corrected chi connectivity index (χ3v) is 4.24. The molecule has 0 aliphatic carbocycles. The van der Waals surface area contributed by atoms with Gasteiger partial charge in [0.05, 0.1) is 12.6 Å². The van der Waals surface area contributed by atoms with Crippen LogP contribution >= 0.6 is 0 Å². The fraction of sp³-hybridized carbons (Fsp3) is 0.250. The molecule has 0 aliphatic heterocycles. The second-order valence-corrected chi connectivity index (χ2v) is 6.50. The minimum absolute atomic E-state index is 0.159. The van der Waals surface area contributed by atoms with E-state index in [0.29, 0.717) is 12.1 Å². The smallest absolute Gasteiger partial charge is 0.252 e. The number of hydrogen-bond acceptors (Lipinski definition) is 3. The summed E-state index contributed by atoms with van der Waals surface area (Å²) in [5.74, 6) is -0.295. The van der Waals surface area contributed by atoms with Crippen molar-refractivity contribution < 1.29 is 9.18 Å². The van der Waals surface area contributed by atoms with E-state index < -0.39 is 0 Å². The highest BCUT2D eigenvalue weighted by molar-refractivity contribution is 5.96. The Morgan fingerprint density at radius 2 is 1.88 bits per heavy atom. The zero-order valence-electron chi connectivity index (χ0n) is 14.8. The van der Waals surface area contributed by atoms with Gasteiger partial charge in [-0.15, -0.1) is 0 Å². The molecule has 0 saturated carbocycles. The van der Waals surface area contributed by atoms with E-state index in [1.54, 1.807) is 29.2 Å². The van der Waals surface area contributed by atoms with E-state index in [9.17, 15) is 9.18 Å². The lowest BCUT2D eigenvalue weighted by molar-refractivity contribution is 0.0924. The average Bonchev–Trinajstić information content (AvgIpc) is 3.14. The molecule has 134 valence electrons. The van der Waals surface area contributed by atoms with Crippen LogP contribution in [0, 0.1) is 11.7 Å². The molecular weight excluding hydrogens is 331 g/mol. The number of carbonyl (C=O) groups excluding carboxylic acids is 1. The first-order chi connectivity index (χ1) is 12.5. The second-order valence-electron chi connectivity index (χ2n) is 6.50. The average molecular weight is 352 g/mol. The van der Waals surface area contributed by atoms with E-state index in [1.807, 2.05) is 32.0 Å². The van der Waals surface area contributed by atoms with Crippen molar-refractivity contribution in [2.24, 2.45) is 5.92 Å². The van der Waals surface area contributed by atoms with E-state index in [0.717, 1.165) is 11.1 Å². The van der Waals surface area contributed by atoms with E-state index in [1.165, 1.54) is 18.5 Å². The molecule has 3 aromatic rings. The van der Waals surface area contributed by atoms with Gasteiger partial charge in [-0.05, 0) is 35.2 Å². The molecule has 3 rings (SSSR count). The van der Waals surface area contributed by atoms with Gasteiger partial charge in [-0.25, -0.2) is 14.1 Å². The van der Waals surface area contributed by atoms with Crippen LogP contribution < -0.4 is 5.32 Å². The van der Waals surface area contributed by atoms with Gasteiger partial charge in [0, 0.05) is 5.56 Å². The standard InChI is InChI=1S/C20H21FN4O/c1-14(2)19(15-7-9-17(21)10-8-15)24-20(26)18-6-4-3-5-16(18)11-25-13-22-12-23-25/h3-10,12-14,19H,11H2,1-2H3,(H,24,26). The van der Waals surface area contributed by atoms with Crippen molar-refractivity contribution >= 4 is 5.91 Å². The predicted octanol–water partition coefficient (Wildman–Crippen LogP) is 3.59. The Labute approximate surface area is 151 Å². The van der Waals surface area contributed by atoms with E-state index in [2.05, 4.69) is 15.4 Å². The van der Waals surface area contributed by atoms with Gasteiger partial charge in [-0.2, -0.15) is 5.10 Å². The van der Waals surface area contributed by atoms with Crippen LogP contribution in [0.25, 0.3) is 0 Å². The number of amides is 1. The number of nitrogens with zero attached hydrogens (tertiary/aromatic N) is 3. The van der Waals surface area contributed by atoms with Gasteiger partial charge in [-0.3, -0.25) is 4.79 Å². The highest BCUT2D eigenvalue weighted by atomic mass is 19.1. The number of rotatable bonds is 6. The zero-order valence-corrected chi connectivity index (χ0v) is 14.8. The van der Waals surface area contributed by atoms with E-state index >= 15 is 0 Å². The molecule has 0 aliphatic rings. The summed E-state index contributed by atoms with van der Waals surface area (Å²) in [5.41, 5.74) is 2.33. The van der Waals surface area contributed by atoms with Crippen molar-refractivity contribution in [1.29, 1.82) is 0 Å². The largest absolute Gasteiger partial charge is 0.345 e. The zero-order chi connectivity index (χ0) is 18.5. The lowest BCUT2D eigenvalue weighted by Gasteiger charge is -2.23. The van der Waals surface area contributed by atoms with Crippen molar-refractivity contribution in [3.63, 3.8) is 0 Å². The molecule has 0 bridgehead atoms. The van der Waals surface area contributed by atoms with Gasteiger partial charge in [0.15, 0.2) is 0 Å². The molecule has 1 heterocycles. The topological polar surface area (TPSA) is 59.8 Å². The molecule has 1 unspecified atom stereocenters. The highest BCUT2D eigenvalue weighted by Crippen LogP contribution is 2.23. The minimum atomic E-state index is -0.291. The first kappa shape index (κ1) is 17.8. The lowest BCUT2D eigenvalue weighted by atomic mass is 9.95. The quantitative estimate of drug-likeness (QED) is 0.737. The van der Waals surface area contributed by atoms with Crippen LogP contribution in [0.4, 0.5) is 4.39 Å². The number of benzene rings is 2. The summed E-state index contributed by atoms with van der Waals surface area (Å²) in [4.78, 5) is 16.9. The molecule has 1 amide bonds. The lowest BCUT2D eigenvalue weighted by Crippen LogP contribution is -2.32. The summed E-state index contributed by atoms with van der Waals surface area (Å²) >= 11 is 0. The molecule has 0 spiro atoms. The summed E-state index contributed by atoms with van der Waals surface area (Å²) in [6.45, 7) is 4.51. The molecule has 1 N–H and O–H groups in total. The summed E-state index contributed by atoms with van der Waals surface area (Å²) in [6.07, 6.45) is 3.08. The van der Waals surface area contributed by atoms with E-state index in [-0.39, 0.29) is 23.7 Å². The Morgan fingerprint density at radius 1 is 1.15 bits per heavy atom. The number of nitrogens with one attached hydrogen (secondary N) is 1. The van der Waals surface area contributed by atoms with Gasteiger partial charge in [0.1, 0.15) is 18.5 Å². The Balaban J connectivity index is 1.83. The number of aromatic nitrogens is 3. The van der Waals surface area contributed by atoms with Crippen LogP contribution in [0.2, 0.25) is 0 Å². The molecule has 1 aromatic heterocycles. The molecule has 26 heavy (non-hydrogen) atoms. The van der Waals surface area contributed by atoms with Crippen LogP contribution in [0.15, 0.2) is 61.2 Å². The summed E-state index contributed by atoms with van der Waals surface area (Å²) in [7, 11) is 0. The minimum Gasteiger partial charge on any atom is -0.345 e. The maximum atomic E-state index is 13.2. The van der Waals surface area contributed by atoms with Gasteiger partial charge < -0.3 is 5.32 Å².